The zero-order valence-electron chi connectivity index (χ0n) is 11.7. The highest BCUT2D eigenvalue weighted by molar-refractivity contribution is 7.87. The van der Waals surface area contributed by atoms with Gasteiger partial charge < -0.3 is 4.74 Å². The van der Waals surface area contributed by atoms with Crippen molar-refractivity contribution in [3.05, 3.63) is 0 Å². The van der Waals surface area contributed by atoms with E-state index in [2.05, 4.69) is 4.74 Å². The van der Waals surface area contributed by atoms with E-state index in [-0.39, 0.29) is 0 Å². The van der Waals surface area contributed by atoms with Crippen LogP contribution in [0.25, 0.3) is 0 Å². The molecule has 0 bridgehead atoms. The molecule has 0 aliphatic heterocycles. The number of carbonyl (C=O) groups is 1. The quantitative estimate of drug-likeness (QED) is 0.463. The summed E-state index contributed by atoms with van der Waals surface area (Å²) >= 11 is 0. The Morgan fingerprint density at radius 1 is 1.05 bits per heavy atom. The second-order valence-electron chi connectivity index (χ2n) is 5.43. The number of esters is 1. The van der Waals surface area contributed by atoms with Crippen LogP contribution in [0.1, 0.15) is 27.2 Å². The first kappa shape index (κ1) is 21.0. The van der Waals surface area contributed by atoms with E-state index in [4.69, 9.17) is 4.55 Å². The van der Waals surface area contributed by atoms with Crippen molar-refractivity contribution in [2.45, 2.75) is 44.3 Å². The van der Waals surface area contributed by atoms with Gasteiger partial charge in [0.2, 0.25) is 0 Å². The predicted octanol–water partition coefficient (Wildman–Crippen LogP) is 2.72. The molecular formula is C10H14F6O5S. The number of alkyl halides is 6. The molecule has 0 spiro atoms. The van der Waals surface area contributed by atoms with Crippen LogP contribution in [-0.2, 0) is 19.6 Å². The van der Waals surface area contributed by atoms with Crippen LogP contribution in [0.3, 0.4) is 0 Å². The monoisotopic (exact) mass is 360 g/mol. The molecule has 1 atom stereocenters. The number of halogens is 6. The van der Waals surface area contributed by atoms with E-state index in [1.165, 1.54) is 20.8 Å². The van der Waals surface area contributed by atoms with Crippen LogP contribution in [0, 0.1) is 5.41 Å². The molecule has 0 saturated heterocycles. The van der Waals surface area contributed by atoms with Gasteiger partial charge in [0, 0.05) is 6.42 Å². The van der Waals surface area contributed by atoms with Crippen molar-refractivity contribution in [3.8, 4) is 0 Å². The Morgan fingerprint density at radius 3 is 1.73 bits per heavy atom. The highest BCUT2D eigenvalue weighted by atomic mass is 32.2. The van der Waals surface area contributed by atoms with Gasteiger partial charge in [-0.2, -0.15) is 30.4 Å². The van der Waals surface area contributed by atoms with Gasteiger partial charge in [-0.15, -0.1) is 0 Å². The second-order valence-corrected chi connectivity index (χ2v) is 6.89. The summed E-state index contributed by atoms with van der Waals surface area (Å²) in [4.78, 5) is 11.3. The molecule has 0 fully saturated rings. The van der Waals surface area contributed by atoms with Crippen LogP contribution in [0.5, 0.6) is 0 Å². The van der Waals surface area contributed by atoms with Gasteiger partial charge in [0.05, 0.1) is 12.0 Å². The summed E-state index contributed by atoms with van der Waals surface area (Å²) in [6.45, 7) is 2.44. The van der Waals surface area contributed by atoms with Crippen molar-refractivity contribution in [1.29, 1.82) is 0 Å². The van der Waals surface area contributed by atoms with Crippen LogP contribution in [0.4, 0.5) is 26.3 Å². The van der Waals surface area contributed by atoms with Gasteiger partial charge in [-0.1, -0.05) is 0 Å². The number of hydrogen-bond donors (Lipinski definition) is 1. The van der Waals surface area contributed by atoms with Gasteiger partial charge in [-0.25, -0.2) is 4.39 Å². The fraction of sp³-hybridized carbons (Fsp3) is 0.900. The fourth-order valence-corrected chi connectivity index (χ4v) is 1.78. The third-order valence-electron chi connectivity index (χ3n) is 2.53. The maximum atomic E-state index is 13.7. The topological polar surface area (TPSA) is 80.7 Å². The molecule has 0 aromatic carbocycles. The first-order chi connectivity index (χ1) is 9.38. The summed E-state index contributed by atoms with van der Waals surface area (Å²) in [6, 6.07) is 0. The first-order valence-corrected chi connectivity index (χ1v) is 7.09. The van der Waals surface area contributed by atoms with Gasteiger partial charge in [-0.05, 0) is 20.8 Å². The highest BCUT2D eigenvalue weighted by Gasteiger charge is 2.76. The third-order valence-corrected chi connectivity index (χ3v) is 3.50. The lowest BCUT2D eigenvalue weighted by molar-refractivity contribution is -0.284. The predicted molar refractivity (Wildman–Crippen MR) is 61.4 cm³/mol. The Labute approximate surface area is 122 Å². The molecule has 0 radical (unpaired) electrons. The van der Waals surface area contributed by atoms with E-state index in [0.29, 0.717) is 0 Å². The van der Waals surface area contributed by atoms with Crippen molar-refractivity contribution < 1.29 is 48.8 Å². The van der Waals surface area contributed by atoms with Gasteiger partial charge in [0.15, 0.2) is 0 Å². The fourth-order valence-electron chi connectivity index (χ4n) is 1.16. The van der Waals surface area contributed by atoms with Crippen molar-refractivity contribution in [3.63, 3.8) is 0 Å². The normalized spacial score (nSPS) is 17.0. The summed E-state index contributed by atoms with van der Waals surface area (Å²) in [5.74, 6) is -1.10. The van der Waals surface area contributed by atoms with E-state index < -0.39 is 51.6 Å². The molecule has 0 amide bonds. The SMILES string of the molecule is CC(C)(C)C(=O)OCCC(F)(C(F)(F)F)C(F)(F)S(=O)(=O)O. The van der Waals surface area contributed by atoms with E-state index in [0.717, 1.165) is 0 Å². The molecule has 0 aliphatic rings. The molecule has 0 rings (SSSR count). The summed E-state index contributed by atoms with van der Waals surface area (Å²) in [5, 5.41) is -6.16. The van der Waals surface area contributed by atoms with Crippen LogP contribution < -0.4 is 0 Å². The highest BCUT2D eigenvalue weighted by Crippen LogP contribution is 2.49. The summed E-state index contributed by atoms with van der Waals surface area (Å²) in [6.07, 6.45) is -8.54. The minimum atomic E-state index is -6.69. The zero-order chi connectivity index (χ0) is 18.2. The van der Waals surface area contributed by atoms with E-state index >= 15 is 0 Å². The zero-order valence-corrected chi connectivity index (χ0v) is 12.5. The molecule has 1 N–H and O–H groups in total. The minimum Gasteiger partial charge on any atom is -0.465 e. The van der Waals surface area contributed by atoms with Crippen molar-refractivity contribution >= 4 is 16.1 Å². The maximum absolute atomic E-state index is 13.7. The molecule has 0 aromatic heterocycles. The second kappa shape index (κ2) is 5.87. The molecule has 132 valence electrons. The Balaban J connectivity index is 5.41. The Bertz CT molecular complexity index is 521. The summed E-state index contributed by atoms with van der Waals surface area (Å²) in [7, 11) is -6.69. The Morgan fingerprint density at radius 2 is 1.45 bits per heavy atom. The van der Waals surface area contributed by atoms with Crippen molar-refractivity contribution in [2.24, 2.45) is 5.41 Å². The Kier molecular flexibility index (Phi) is 5.59. The molecule has 5 nitrogen and oxygen atoms in total. The van der Waals surface area contributed by atoms with Gasteiger partial charge >= 0.3 is 27.5 Å². The lowest BCUT2D eigenvalue weighted by Crippen LogP contribution is -2.59. The molecule has 22 heavy (non-hydrogen) atoms. The lowest BCUT2D eigenvalue weighted by Gasteiger charge is -2.32. The summed E-state index contributed by atoms with van der Waals surface area (Å²) < 4.78 is 111. The molecule has 0 aliphatic carbocycles. The molecular weight excluding hydrogens is 346 g/mol. The van der Waals surface area contributed by atoms with Crippen LogP contribution >= 0.6 is 0 Å². The molecule has 1 unspecified atom stereocenters. The molecule has 0 saturated carbocycles. The number of rotatable bonds is 5. The van der Waals surface area contributed by atoms with Gasteiger partial charge in [0.1, 0.15) is 0 Å². The summed E-state index contributed by atoms with van der Waals surface area (Å²) in [5.41, 5.74) is -6.81. The van der Waals surface area contributed by atoms with E-state index in [1.807, 2.05) is 0 Å². The molecule has 12 heteroatoms. The third kappa shape index (κ3) is 4.03. The molecule has 0 aromatic rings. The Hall–Kier alpha value is -1.04. The van der Waals surface area contributed by atoms with Gasteiger partial charge in [0.25, 0.3) is 5.67 Å². The largest absolute Gasteiger partial charge is 0.465 e. The van der Waals surface area contributed by atoms with Crippen molar-refractivity contribution in [1.82, 2.24) is 0 Å². The van der Waals surface area contributed by atoms with Gasteiger partial charge in [-0.3, -0.25) is 9.35 Å². The van der Waals surface area contributed by atoms with Crippen LogP contribution in [0.15, 0.2) is 0 Å². The smallest absolute Gasteiger partial charge is 0.429 e. The van der Waals surface area contributed by atoms with Crippen molar-refractivity contribution in [2.75, 3.05) is 6.61 Å². The average Bonchev–Trinajstić information content (AvgIpc) is 2.23. The number of hydrogen-bond acceptors (Lipinski definition) is 4. The number of carbonyl (C=O) groups excluding carboxylic acids is 1. The van der Waals surface area contributed by atoms with E-state index in [9.17, 15) is 39.6 Å². The van der Waals surface area contributed by atoms with Crippen LogP contribution in [0.2, 0.25) is 0 Å². The average molecular weight is 360 g/mol. The maximum Gasteiger partial charge on any atom is 0.429 e. The molecule has 0 heterocycles. The van der Waals surface area contributed by atoms with E-state index in [1.54, 1.807) is 0 Å². The van der Waals surface area contributed by atoms with Crippen LogP contribution in [-0.4, -0.2) is 42.6 Å². The standard InChI is InChI=1S/C10H14F6O5S/c1-7(2,3)6(17)21-5-4-8(11,9(12,13)14)10(15,16)22(18,19)20/h4-5H2,1-3H3,(H,18,19,20). The number of ether oxygens (including phenoxy) is 1. The first-order valence-electron chi connectivity index (χ1n) is 5.65. The lowest BCUT2D eigenvalue weighted by atomic mass is 9.97. The minimum absolute atomic E-state index is 1.10.